The van der Waals surface area contributed by atoms with Crippen LogP contribution in [0.2, 0.25) is 0 Å². The molecule has 0 fully saturated rings. The minimum absolute atomic E-state index is 0.126. The van der Waals surface area contributed by atoms with Gasteiger partial charge < -0.3 is 10.1 Å². The second kappa shape index (κ2) is 11.1. The van der Waals surface area contributed by atoms with Crippen LogP contribution in [0.5, 0.6) is 0 Å². The van der Waals surface area contributed by atoms with Crippen LogP contribution in [0.4, 0.5) is 8.78 Å². The number of esters is 1. The molecule has 0 aliphatic rings. The molecule has 1 amide bonds. The van der Waals surface area contributed by atoms with Gasteiger partial charge in [0.25, 0.3) is 0 Å². The van der Waals surface area contributed by atoms with Crippen molar-refractivity contribution in [3.63, 3.8) is 0 Å². The van der Waals surface area contributed by atoms with Crippen molar-refractivity contribution in [1.29, 1.82) is 0 Å². The van der Waals surface area contributed by atoms with E-state index in [-0.39, 0.29) is 12.5 Å². The van der Waals surface area contributed by atoms with Crippen molar-refractivity contribution in [2.24, 2.45) is 0 Å². The van der Waals surface area contributed by atoms with Crippen LogP contribution >= 0.6 is 22.6 Å². The molecule has 0 saturated carbocycles. The summed E-state index contributed by atoms with van der Waals surface area (Å²) >= 11 is 1.80. The van der Waals surface area contributed by atoms with Crippen molar-refractivity contribution in [3.8, 4) is 0 Å². The van der Waals surface area contributed by atoms with Crippen LogP contribution in [0.3, 0.4) is 0 Å². The van der Waals surface area contributed by atoms with Gasteiger partial charge in [0.2, 0.25) is 5.91 Å². The molecule has 0 rings (SSSR count). The molecule has 0 spiro atoms. The van der Waals surface area contributed by atoms with E-state index in [1.807, 2.05) is 0 Å². The lowest BCUT2D eigenvalue weighted by molar-refractivity contribution is -0.169. The average molecular weight is 419 g/mol. The van der Waals surface area contributed by atoms with E-state index in [4.69, 9.17) is 0 Å². The van der Waals surface area contributed by atoms with Gasteiger partial charge in [0.05, 0.1) is 7.11 Å². The van der Waals surface area contributed by atoms with Crippen molar-refractivity contribution in [3.05, 3.63) is 0 Å². The first-order valence-electron chi connectivity index (χ1n) is 7.20. The van der Waals surface area contributed by atoms with E-state index in [2.05, 4.69) is 17.0 Å². The lowest BCUT2D eigenvalue weighted by atomic mass is 10.1. The van der Waals surface area contributed by atoms with Gasteiger partial charge in [-0.3, -0.25) is 4.79 Å². The molecule has 0 aliphatic carbocycles. The first kappa shape index (κ1) is 20.5. The highest BCUT2D eigenvalue weighted by Gasteiger charge is 2.41. The Kier molecular flexibility index (Phi) is 10.9. The number of halogens is 3. The predicted octanol–water partition coefficient (Wildman–Crippen LogP) is 3.47. The molecule has 0 radical (unpaired) electrons. The minimum atomic E-state index is -3.51. The molecular formula is C14H24F2INO3. The molecule has 21 heavy (non-hydrogen) atoms. The van der Waals surface area contributed by atoms with Crippen LogP contribution in [-0.2, 0) is 14.3 Å². The number of nitrogens with one attached hydrogen (secondary N) is 1. The molecule has 0 aromatic rings. The molecule has 0 heterocycles. The smallest absolute Gasteiger partial charge is 0.376 e. The Morgan fingerprint density at radius 1 is 1.24 bits per heavy atom. The molecule has 0 saturated heterocycles. The summed E-state index contributed by atoms with van der Waals surface area (Å²) in [5, 5.41) is 2.62. The second-order valence-electron chi connectivity index (χ2n) is 4.97. The third kappa shape index (κ3) is 9.97. The topological polar surface area (TPSA) is 55.4 Å². The Morgan fingerprint density at radius 2 is 1.86 bits per heavy atom. The molecule has 4 nitrogen and oxygen atoms in total. The number of rotatable bonds is 11. The van der Waals surface area contributed by atoms with Crippen LogP contribution in [0, 0.1) is 0 Å². The fourth-order valence-electron chi connectivity index (χ4n) is 1.79. The predicted molar refractivity (Wildman–Crippen MR) is 85.8 cm³/mol. The first-order valence-corrected chi connectivity index (χ1v) is 8.45. The van der Waals surface area contributed by atoms with Gasteiger partial charge in [0.15, 0.2) is 0 Å². The summed E-state index contributed by atoms with van der Waals surface area (Å²) in [6, 6.07) is 0. The molecule has 0 aromatic heterocycles. The third-order valence-corrected chi connectivity index (χ3v) is 3.87. The molecule has 0 bridgehead atoms. The molecule has 124 valence electrons. The number of alkyl halides is 3. The lowest BCUT2D eigenvalue weighted by Crippen LogP contribution is -2.37. The Morgan fingerprint density at radius 3 is 2.43 bits per heavy atom. The Balaban J connectivity index is 3.84. The van der Waals surface area contributed by atoms with Crippen molar-refractivity contribution in [1.82, 2.24) is 5.32 Å². The number of carbonyl (C=O) groups excluding carboxylic acids is 2. The van der Waals surface area contributed by atoms with E-state index in [1.54, 1.807) is 22.6 Å². The number of unbranched alkanes of at least 4 members (excludes halogenated alkanes) is 4. The van der Waals surface area contributed by atoms with Gasteiger partial charge in [-0.1, -0.05) is 55.2 Å². The van der Waals surface area contributed by atoms with Gasteiger partial charge in [-0.2, -0.15) is 8.78 Å². The summed E-state index contributed by atoms with van der Waals surface area (Å²) in [5.74, 6) is -5.17. The zero-order valence-corrected chi connectivity index (χ0v) is 14.8. The Labute approximate surface area is 138 Å². The maximum atomic E-state index is 13.3. The van der Waals surface area contributed by atoms with Gasteiger partial charge in [0.1, 0.15) is 0 Å². The van der Waals surface area contributed by atoms with E-state index in [0.29, 0.717) is 6.42 Å². The zero-order chi connectivity index (χ0) is 16.3. The third-order valence-electron chi connectivity index (χ3n) is 2.99. The van der Waals surface area contributed by atoms with Crippen molar-refractivity contribution >= 4 is 34.5 Å². The number of amides is 1. The summed E-state index contributed by atoms with van der Waals surface area (Å²) < 4.78 is 30.2. The number of hydrogen-bond acceptors (Lipinski definition) is 3. The van der Waals surface area contributed by atoms with Gasteiger partial charge in [-0.25, -0.2) is 4.79 Å². The minimum Gasteiger partial charge on any atom is -0.465 e. The highest BCUT2D eigenvalue weighted by Crippen LogP contribution is 2.25. The van der Waals surface area contributed by atoms with E-state index in [9.17, 15) is 18.4 Å². The Hall–Kier alpha value is -0.470. The maximum Gasteiger partial charge on any atom is 0.376 e. The fraction of sp³-hybridized carbons (Fsp3) is 0.857. The van der Waals surface area contributed by atoms with Crippen LogP contribution in [0.1, 0.15) is 51.9 Å². The van der Waals surface area contributed by atoms with Gasteiger partial charge in [-0.05, 0) is 6.42 Å². The second-order valence-corrected chi connectivity index (χ2v) is 6.73. The zero-order valence-electron chi connectivity index (χ0n) is 12.6. The standard InChI is InChI=1S/C14H24F2INO3/c1-3-4-5-6-7-8-12(19)18-10-11(17)9-14(15,16)13(20)21-2/h11H,3-10H2,1-2H3,(H,18,19). The summed E-state index contributed by atoms with van der Waals surface area (Å²) in [6.07, 6.45) is 5.03. The highest BCUT2D eigenvalue weighted by molar-refractivity contribution is 14.1. The quantitative estimate of drug-likeness (QED) is 0.242. The van der Waals surface area contributed by atoms with Crippen molar-refractivity contribution in [2.45, 2.75) is 61.7 Å². The van der Waals surface area contributed by atoms with Gasteiger partial charge >= 0.3 is 11.9 Å². The number of carbonyl (C=O) groups is 2. The summed E-state index contributed by atoms with van der Waals surface area (Å²) in [4.78, 5) is 22.4. The molecule has 1 unspecified atom stereocenters. The van der Waals surface area contributed by atoms with E-state index in [1.165, 1.54) is 6.42 Å². The number of hydrogen-bond donors (Lipinski definition) is 1. The largest absolute Gasteiger partial charge is 0.465 e. The van der Waals surface area contributed by atoms with Crippen LogP contribution in [-0.4, -0.2) is 35.4 Å². The molecule has 1 N–H and O–H groups in total. The van der Waals surface area contributed by atoms with Gasteiger partial charge in [-0.15, -0.1) is 0 Å². The Bertz CT molecular complexity index is 327. The molecule has 1 atom stereocenters. The van der Waals surface area contributed by atoms with Crippen molar-refractivity contribution in [2.75, 3.05) is 13.7 Å². The van der Waals surface area contributed by atoms with Crippen molar-refractivity contribution < 1.29 is 23.1 Å². The number of methoxy groups -OCH3 is 1. The molecule has 0 aromatic carbocycles. The summed E-state index contributed by atoms with van der Waals surface area (Å²) in [5.41, 5.74) is 0. The number of ether oxygens (including phenoxy) is 1. The molecular weight excluding hydrogens is 395 g/mol. The van der Waals surface area contributed by atoms with Gasteiger partial charge in [0, 0.05) is 23.3 Å². The monoisotopic (exact) mass is 419 g/mol. The SMILES string of the molecule is CCCCCCCC(=O)NCC(I)CC(F)(F)C(=O)OC. The molecule has 7 heteroatoms. The van der Waals surface area contributed by atoms with E-state index < -0.39 is 22.2 Å². The molecule has 0 aliphatic heterocycles. The lowest BCUT2D eigenvalue weighted by Gasteiger charge is -2.17. The highest BCUT2D eigenvalue weighted by atomic mass is 127. The van der Waals surface area contributed by atoms with E-state index >= 15 is 0 Å². The average Bonchev–Trinajstić information content (AvgIpc) is 2.43. The van der Waals surface area contributed by atoms with Crippen LogP contribution in [0.25, 0.3) is 0 Å². The summed E-state index contributed by atoms with van der Waals surface area (Å²) in [7, 11) is 0.929. The summed E-state index contributed by atoms with van der Waals surface area (Å²) in [6.45, 7) is 2.25. The maximum absolute atomic E-state index is 13.3. The van der Waals surface area contributed by atoms with E-state index in [0.717, 1.165) is 32.8 Å². The first-order chi connectivity index (χ1) is 9.83. The normalized spacial score (nSPS) is 12.8. The fourth-order valence-corrected chi connectivity index (χ4v) is 2.56. The van der Waals surface area contributed by atoms with Crippen LogP contribution < -0.4 is 5.32 Å². The van der Waals surface area contributed by atoms with Crippen LogP contribution in [0.15, 0.2) is 0 Å².